The summed E-state index contributed by atoms with van der Waals surface area (Å²) in [6.07, 6.45) is 1.57. The summed E-state index contributed by atoms with van der Waals surface area (Å²) in [5.41, 5.74) is 3.22. The van der Waals surface area contributed by atoms with Crippen molar-refractivity contribution in [2.75, 3.05) is 0 Å². The third-order valence-corrected chi connectivity index (χ3v) is 6.57. The number of hydrogen-bond donors (Lipinski definition) is 1. The van der Waals surface area contributed by atoms with E-state index in [1.165, 1.54) is 11.3 Å². The summed E-state index contributed by atoms with van der Waals surface area (Å²) in [5, 5.41) is 3.83. The fraction of sp³-hybridized carbons (Fsp3) is 0. The second-order valence-corrected chi connectivity index (χ2v) is 9.23. The van der Waals surface area contributed by atoms with Crippen molar-refractivity contribution in [1.29, 1.82) is 0 Å². The molecule has 0 spiro atoms. The third-order valence-electron chi connectivity index (χ3n) is 3.85. The molecule has 0 bridgehead atoms. The zero-order valence-corrected chi connectivity index (χ0v) is 18.3. The van der Waals surface area contributed by atoms with Crippen LogP contribution >= 0.6 is 58.5 Å². The maximum absolute atomic E-state index is 12.7. The summed E-state index contributed by atoms with van der Waals surface area (Å²) in [6.45, 7) is 0. The van der Waals surface area contributed by atoms with E-state index in [9.17, 15) is 9.59 Å². The highest BCUT2D eigenvalue weighted by molar-refractivity contribution is 8.26. The fourth-order valence-electron chi connectivity index (χ4n) is 2.52. The Hall–Kier alpha value is -2.10. The van der Waals surface area contributed by atoms with E-state index in [4.69, 9.17) is 39.8 Å². The number of halogens is 2. The molecule has 1 aliphatic rings. The predicted octanol–water partition coefficient (Wildman–Crippen LogP) is 5.86. The maximum atomic E-state index is 12.7. The van der Waals surface area contributed by atoms with Crippen molar-refractivity contribution in [2.45, 2.75) is 0 Å². The first-order chi connectivity index (χ1) is 13.9. The Bertz CT molecular complexity index is 1160. The molecule has 10 heteroatoms. The van der Waals surface area contributed by atoms with Crippen LogP contribution in [0.3, 0.4) is 0 Å². The highest BCUT2D eigenvalue weighted by Gasteiger charge is 2.34. The van der Waals surface area contributed by atoms with Crippen molar-refractivity contribution < 1.29 is 14.0 Å². The Kier molecular flexibility index (Phi) is 5.80. The second kappa shape index (κ2) is 8.33. The summed E-state index contributed by atoms with van der Waals surface area (Å²) in [5.74, 6) is 0.179. The number of hydrazine groups is 1. The van der Waals surface area contributed by atoms with Gasteiger partial charge in [0, 0.05) is 16.7 Å². The number of benzene rings is 1. The molecule has 2 amide bonds. The number of thiocarbonyl (C=S) groups is 1. The van der Waals surface area contributed by atoms with Gasteiger partial charge in [-0.05, 0) is 54.0 Å². The van der Waals surface area contributed by atoms with Crippen molar-refractivity contribution in [2.24, 2.45) is 0 Å². The lowest BCUT2D eigenvalue weighted by Crippen LogP contribution is -2.44. The first-order valence-electron chi connectivity index (χ1n) is 8.10. The molecule has 0 atom stereocenters. The number of furan rings is 1. The molecule has 0 aliphatic carbocycles. The minimum absolute atomic E-state index is 0.235. The van der Waals surface area contributed by atoms with E-state index in [0.717, 1.165) is 16.8 Å². The number of carbonyl (C=O) groups is 2. The molecule has 29 heavy (non-hydrogen) atoms. The smallest absolute Gasteiger partial charge is 0.285 e. The largest absolute Gasteiger partial charge is 0.457 e. The van der Waals surface area contributed by atoms with Gasteiger partial charge >= 0.3 is 0 Å². The molecule has 146 valence electrons. The van der Waals surface area contributed by atoms with Gasteiger partial charge in [0.15, 0.2) is 4.32 Å². The Morgan fingerprint density at radius 1 is 1.21 bits per heavy atom. The van der Waals surface area contributed by atoms with Crippen LogP contribution in [0.4, 0.5) is 0 Å². The van der Waals surface area contributed by atoms with Gasteiger partial charge in [-0.1, -0.05) is 41.0 Å². The normalized spacial score (nSPS) is 15.4. The van der Waals surface area contributed by atoms with Gasteiger partial charge in [0.05, 0.1) is 14.8 Å². The van der Waals surface area contributed by atoms with Crippen molar-refractivity contribution in [3.05, 3.63) is 73.4 Å². The number of nitrogens with zero attached hydrogens (tertiary/aromatic N) is 1. The molecule has 0 saturated carbocycles. The lowest BCUT2D eigenvalue weighted by atomic mass is 10.2. The van der Waals surface area contributed by atoms with Gasteiger partial charge in [0.1, 0.15) is 11.5 Å². The van der Waals surface area contributed by atoms with E-state index in [2.05, 4.69) is 5.43 Å². The third kappa shape index (κ3) is 4.26. The number of amides is 2. The summed E-state index contributed by atoms with van der Waals surface area (Å²) in [4.78, 5) is 25.7. The lowest BCUT2D eigenvalue weighted by molar-refractivity contribution is -0.123. The van der Waals surface area contributed by atoms with Gasteiger partial charge in [-0.15, -0.1) is 11.3 Å². The van der Waals surface area contributed by atoms with Crippen LogP contribution in [0.25, 0.3) is 17.4 Å². The van der Waals surface area contributed by atoms with Crippen molar-refractivity contribution >= 4 is 80.7 Å². The van der Waals surface area contributed by atoms with Crippen LogP contribution in [0, 0.1) is 0 Å². The van der Waals surface area contributed by atoms with E-state index in [0.29, 0.717) is 36.9 Å². The van der Waals surface area contributed by atoms with E-state index in [1.807, 2.05) is 0 Å². The van der Waals surface area contributed by atoms with Gasteiger partial charge < -0.3 is 4.42 Å². The summed E-state index contributed by atoms with van der Waals surface area (Å²) >= 11 is 19.7. The van der Waals surface area contributed by atoms with E-state index in [-0.39, 0.29) is 4.32 Å². The molecule has 1 saturated heterocycles. The topological polar surface area (TPSA) is 62.6 Å². The van der Waals surface area contributed by atoms with Gasteiger partial charge in [-0.3, -0.25) is 15.0 Å². The highest BCUT2D eigenvalue weighted by atomic mass is 35.5. The van der Waals surface area contributed by atoms with Crippen molar-refractivity contribution in [3.8, 4) is 11.3 Å². The van der Waals surface area contributed by atoms with Crippen LogP contribution in [0.15, 0.2) is 57.2 Å². The number of thioether (sulfide) groups is 1. The predicted molar refractivity (Wildman–Crippen MR) is 121 cm³/mol. The van der Waals surface area contributed by atoms with Crippen molar-refractivity contribution in [1.82, 2.24) is 10.4 Å². The number of rotatable bonds is 4. The zero-order chi connectivity index (χ0) is 20.5. The Balaban J connectivity index is 1.53. The SMILES string of the molecule is O=C(NN1C(=O)/C(=C\c2ccc(-c3ccc(Cl)cc3Cl)o2)SC1=S)c1cccs1. The molecular weight excluding hydrogens is 471 g/mol. The zero-order valence-electron chi connectivity index (χ0n) is 14.3. The number of carbonyl (C=O) groups excluding carboxylic acids is 2. The molecule has 3 aromatic rings. The molecule has 3 heterocycles. The number of nitrogens with one attached hydrogen (secondary N) is 1. The van der Waals surface area contributed by atoms with E-state index >= 15 is 0 Å². The van der Waals surface area contributed by atoms with Gasteiger partial charge in [0.2, 0.25) is 0 Å². The lowest BCUT2D eigenvalue weighted by Gasteiger charge is -2.14. The van der Waals surface area contributed by atoms with Crippen LogP contribution in [-0.4, -0.2) is 21.1 Å². The molecule has 2 aromatic heterocycles. The quantitative estimate of drug-likeness (QED) is 0.374. The molecule has 0 unspecified atom stereocenters. The monoisotopic (exact) mass is 480 g/mol. The Labute approximate surface area is 189 Å². The van der Waals surface area contributed by atoms with Crippen LogP contribution in [0.1, 0.15) is 15.4 Å². The molecule has 1 aromatic carbocycles. The standard InChI is InChI=1S/C19H10Cl2N2O3S3/c20-10-3-5-12(13(21)8-10)14-6-4-11(26-14)9-16-18(25)23(19(27)29-16)22-17(24)15-2-1-7-28-15/h1-9H,(H,22,24)/b16-9+. The highest BCUT2D eigenvalue weighted by Crippen LogP contribution is 2.35. The van der Waals surface area contributed by atoms with E-state index in [1.54, 1.807) is 53.9 Å². The van der Waals surface area contributed by atoms with Crippen LogP contribution in [-0.2, 0) is 4.79 Å². The van der Waals surface area contributed by atoms with Gasteiger partial charge in [0.25, 0.3) is 11.8 Å². The summed E-state index contributed by atoms with van der Waals surface area (Å²) < 4.78 is 6.03. The average molecular weight is 481 g/mol. The molecular formula is C19H10Cl2N2O3S3. The molecule has 4 rings (SSSR count). The van der Waals surface area contributed by atoms with Crippen LogP contribution < -0.4 is 5.43 Å². The average Bonchev–Trinajstić information content (AvgIpc) is 3.41. The molecule has 1 fully saturated rings. The summed E-state index contributed by atoms with van der Waals surface area (Å²) in [6, 6.07) is 12.0. The van der Waals surface area contributed by atoms with Gasteiger partial charge in [-0.25, -0.2) is 0 Å². The first kappa shape index (κ1) is 20.2. The van der Waals surface area contributed by atoms with Gasteiger partial charge in [-0.2, -0.15) is 5.01 Å². The molecule has 0 radical (unpaired) electrons. The first-order valence-corrected chi connectivity index (χ1v) is 11.0. The van der Waals surface area contributed by atoms with E-state index < -0.39 is 11.8 Å². The maximum Gasteiger partial charge on any atom is 0.285 e. The number of thiophene rings is 1. The second-order valence-electron chi connectivity index (χ2n) is 5.76. The fourth-order valence-corrected chi connectivity index (χ4v) is 4.80. The number of hydrogen-bond acceptors (Lipinski definition) is 6. The summed E-state index contributed by atoms with van der Waals surface area (Å²) in [7, 11) is 0. The minimum atomic E-state index is -0.424. The Morgan fingerprint density at radius 3 is 2.76 bits per heavy atom. The van der Waals surface area contributed by atoms with Crippen LogP contribution in [0.5, 0.6) is 0 Å². The van der Waals surface area contributed by atoms with Crippen LogP contribution in [0.2, 0.25) is 10.0 Å². The molecule has 5 nitrogen and oxygen atoms in total. The Morgan fingerprint density at radius 2 is 2.03 bits per heavy atom. The molecule has 1 N–H and O–H groups in total. The molecule has 1 aliphatic heterocycles. The van der Waals surface area contributed by atoms with Crippen molar-refractivity contribution in [3.63, 3.8) is 0 Å². The minimum Gasteiger partial charge on any atom is -0.457 e.